The molecule has 9 aromatic carbocycles. The summed E-state index contributed by atoms with van der Waals surface area (Å²) < 4.78 is 4.50. The number of fused-ring (bicyclic) bond motifs is 6. The van der Waals surface area contributed by atoms with Crippen LogP contribution in [0, 0.1) is 47.1 Å². The molecule has 330 valence electrons. The minimum atomic E-state index is 0.392. The lowest BCUT2D eigenvalue weighted by Crippen LogP contribution is -2.05. The zero-order chi connectivity index (χ0) is 48.9. The van der Waals surface area contributed by atoms with Crippen LogP contribution in [0.4, 0.5) is 11.4 Å². The molecule has 0 bridgehead atoms. The minimum absolute atomic E-state index is 0.392. The Morgan fingerprint density at radius 1 is 0.347 bits per heavy atom. The highest BCUT2D eigenvalue weighted by atomic mass is 15.0. The van der Waals surface area contributed by atoms with E-state index in [0.717, 1.165) is 111 Å². The first kappa shape index (κ1) is 42.5. The smallest absolute Gasteiger partial charge is 0.189 e. The number of aromatic nitrogens is 3. The molecule has 0 aliphatic rings. The molecule has 12 aromatic rings. The van der Waals surface area contributed by atoms with Crippen LogP contribution < -0.4 is 0 Å². The number of nitrogens with zero attached hydrogens (tertiary/aromatic N) is 8. The monoisotopic (exact) mass is 914 g/mol. The van der Waals surface area contributed by atoms with Crippen LogP contribution in [-0.2, 0) is 0 Å². The van der Waals surface area contributed by atoms with Gasteiger partial charge in [0.15, 0.2) is 11.4 Å². The second kappa shape index (κ2) is 17.4. The Labute approximate surface area is 414 Å². The summed E-state index contributed by atoms with van der Waals surface area (Å²) in [5.74, 6) is 0. The van der Waals surface area contributed by atoms with E-state index >= 15 is 0 Å². The highest BCUT2D eigenvalue weighted by molar-refractivity contribution is 6.13. The minimum Gasteiger partial charge on any atom is -0.308 e. The average Bonchev–Trinajstić information content (AvgIpc) is 3.97. The van der Waals surface area contributed by atoms with Crippen molar-refractivity contribution >= 4 is 55.0 Å². The number of rotatable bonds is 7. The molecule has 0 amide bonds. The van der Waals surface area contributed by atoms with Crippen LogP contribution in [0.25, 0.3) is 121 Å². The van der Waals surface area contributed by atoms with Gasteiger partial charge in [-0.25, -0.2) is 14.7 Å². The van der Waals surface area contributed by atoms with Crippen molar-refractivity contribution in [2.24, 2.45) is 0 Å². The maximum absolute atomic E-state index is 11.1. The summed E-state index contributed by atoms with van der Waals surface area (Å²) >= 11 is 0. The summed E-state index contributed by atoms with van der Waals surface area (Å²) in [5, 5.41) is 34.8. The van der Waals surface area contributed by atoms with Gasteiger partial charge in [0.2, 0.25) is 0 Å². The molecule has 0 aliphatic carbocycles. The normalized spacial score (nSPS) is 11.0. The van der Waals surface area contributed by atoms with Crippen molar-refractivity contribution in [3.05, 3.63) is 246 Å². The largest absolute Gasteiger partial charge is 0.308 e. The first-order valence-electron chi connectivity index (χ1n) is 23.1. The van der Waals surface area contributed by atoms with E-state index in [-0.39, 0.29) is 0 Å². The lowest BCUT2D eigenvalue weighted by atomic mass is 9.95. The lowest BCUT2D eigenvalue weighted by molar-refractivity contribution is 1.13. The second-order valence-corrected chi connectivity index (χ2v) is 17.5. The van der Waals surface area contributed by atoms with Gasteiger partial charge in [-0.05, 0) is 125 Å². The van der Waals surface area contributed by atoms with Crippen LogP contribution in [0.3, 0.4) is 0 Å². The molecule has 0 aliphatic heterocycles. The van der Waals surface area contributed by atoms with E-state index in [2.05, 4.69) is 122 Å². The first-order valence-corrected chi connectivity index (χ1v) is 23.1. The zero-order valence-corrected chi connectivity index (χ0v) is 38.2. The number of hydrogen-bond donors (Lipinski definition) is 0. The Morgan fingerprint density at radius 2 is 0.750 bits per heavy atom. The van der Waals surface area contributed by atoms with Crippen molar-refractivity contribution < 1.29 is 0 Å². The van der Waals surface area contributed by atoms with E-state index in [4.69, 9.17) is 18.1 Å². The lowest BCUT2D eigenvalue weighted by Gasteiger charge is -2.22. The molecular formula is C64H34N8. The third kappa shape index (κ3) is 7.17. The van der Waals surface area contributed by atoms with Gasteiger partial charge in [-0.2, -0.15) is 15.8 Å². The molecule has 0 N–H and O–H groups in total. The first-order chi connectivity index (χ1) is 35.4. The van der Waals surface area contributed by atoms with E-state index < -0.39 is 0 Å². The standard InChI is InChI=1S/C64H34N8/c1-68-50-27-40(37-65)25-47(31-50)45-21-23-60-54(33-45)52-17-9-11-19-58(52)71(60)62-29-42(39-67)30-63(64(62)49-35-56(43-13-5-3-6-14-43)70-57(36-49)44-15-7-4-8-16-44)72-59-20-12-10-18-53(59)55-34-46(22-24-61(55)72)48-26-41(38-66)28-51(32-48)69-2/h3-36H. The van der Waals surface area contributed by atoms with Gasteiger partial charge in [0.25, 0.3) is 0 Å². The maximum Gasteiger partial charge on any atom is 0.189 e. The number of pyridine rings is 1. The van der Waals surface area contributed by atoms with Gasteiger partial charge in [-0.3, -0.25) is 0 Å². The van der Waals surface area contributed by atoms with Crippen LogP contribution in [0.5, 0.6) is 0 Å². The summed E-state index contributed by atoms with van der Waals surface area (Å²) in [7, 11) is 0. The van der Waals surface area contributed by atoms with Crippen molar-refractivity contribution in [3.63, 3.8) is 0 Å². The molecule has 0 radical (unpaired) electrons. The third-order valence-electron chi connectivity index (χ3n) is 13.3. The molecule has 3 heterocycles. The van der Waals surface area contributed by atoms with Crippen LogP contribution >= 0.6 is 0 Å². The molecule has 0 saturated carbocycles. The Hall–Kier alpha value is -10.8. The Morgan fingerprint density at radius 3 is 1.18 bits per heavy atom. The summed E-state index contributed by atoms with van der Waals surface area (Å²) in [4.78, 5) is 12.6. The van der Waals surface area contributed by atoms with Gasteiger partial charge >= 0.3 is 0 Å². The number of nitriles is 3. The fourth-order valence-electron chi connectivity index (χ4n) is 10.2. The van der Waals surface area contributed by atoms with Gasteiger partial charge in [-0.1, -0.05) is 109 Å². The molecule has 8 nitrogen and oxygen atoms in total. The molecule has 0 atom stereocenters. The van der Waals surface area contributed by atoms with Crippen LogP contribution in [0.2, 0.25) is 0 Å². The average molecular weight is 915 g/mol. The highest BCUT2D eigenvalue weighted by Gasteiger charge is 2.25. The zero-order valence-electron chi connectivity index (χ0n) is 38.2. The summed E-state index contributed by atoms with van der Waals surface area (Å²) in [5.41, 5.74) is 15.7. The van der Waals surface area contributed by atoms with Crippen molar-refractivity contribution in [1.82, 2.24) is 14.1 Å². The number of hydrogen-bond acceptors (Lipinski definition) is 4. The number of benzene rings is 9. The predicted octanol–water partition coefficient (Wildman–Crippen LogP) is 16.3. The highest BCUT2D eigenvalue weighted by Crippen LogP contribution is 2.45. The van der Waals surface area contributed by atoms with E-state index in [9.17, 15) is 15.8 Å². The topological polar surface area (TPSA) is 103 Å². The number of para-hydroxylation sites is 2. The molecule has 3 aromatic heterocycles. The molecule has 0 fully saturated rings. The van der Waals surface area contributed by atoms with Crippen molar-refractivity contribution in [2.45, 2.75) is 0 Å². The third-order valence-corrected chi connectivity index (χ3v) is 13.3. The van der Waals surface area contributed by atoms with Gasteiger partial charge < -0.3 is 9.13 Å². The predicted molar refractivity (Wildman–Crippen MR) is 287 cm³/mol. The van der Waals surface area contributed by atoms with Crippen LogP contribution in [0.15, 0.2) is 206 Å². The summed E-state index contributed by atoms with van der Waals surface area (Å²) in [6, 6.07) is 75.0. The SMILES string of the molecule is [C-]#[N+]c1cc(C#N)cc(-c2ccc3c(c2)c2ccccc2n3-c2cc(C#N)cc(-n3c4ccccc4c4cc(-c5cc(C#N)cc([N+]#[C-])c5)ccc43)c2-c2cc(-c3ccccc3)nc(-c3ccccc3)c2)c1. The quantitative estimate of drug-likeness (QED) is 0.149. The molecule has 0 unspecified atom stereocenters. The van der Waals surface area contributed by atoms with E-state index in [1.165, 1.54) is 0 Å². The maximum atomic E-state index is 11.1. The Balaban J connectivity index is 1.21. The van der Waals surface area contributed by atoms with E-state index in [1.807, 2.05) is 109 Å². The van der Waals surface area contributed by atoms with Crippen molar-refractivity contribution in [2.75, 3.05) is 0 Å². The van der Waals surface area contributed by atoms with Crippen LogP contribution in [0.1, 0.15) is 16.7 Å². The molecular weight excluding hydrogens is 881 g/mol. The Bertz CT molecular complexity index is 4110. The van der Waals surface area contributed by atoms with Crippen molar-refractivity contribution in [1.29, 1.82) is 15.8 Å². The molecule has 0 saturated heterocycles. The fourth-order valence-corrected chi connectivity index (χ4v) is 10.2. The van der Waals surface area contributed by atoms with E-state index in [1.54, 1.807) is 12.1 Å². The summed E-state index contributed by atoms with van der Waals surface area (Å²) in [6.07, 6.45) is 0. The molecule has 8 heteroatoms. The van der Waals surface area contributed by atoms with Gasteiger partial charge in [0, 0.05) is 49.4 Å². The van der Waals surface area contributed by atoms with Gasteiger partial charge in [0.1, 0.15) is 0 Å². The van der Waals surface area contributed by atoms with Crippen molar-refractivity contribution in [3.8, 4) is 85.5 Å². The second-order valence-electron chi connectivity index (χ2n) is 17.5. The molecule has 0 spiro atoms. The van der Waals surface area contributed by atoms with Gasteiger partial charge in [-0.15, -0.1) is 0 Å². The molecule has 12 rings (SSSR count). The van der Waals surface area contributed by atoms with E-state index in [0.29, 0.717) is 28.1 Å². The Kier molecular flexibility index (Phi) is 10.3. The summed E-state index contributed by atoms with van der Waals surface area (Å²) in [6.45, 7) is 15.5. The van der Waals surface area contributed by atoms with Gasteiger partial charge in [0.05, 0.1) is 81.7 Å². The van der Waals surface area contributed by atoms with Crippen LogP contribution in [-0.4, -0.2) is 14.1 Å². The fraction of sp³-hybridized carbons (Fsp3) is 0. The molecule has 72 heavy (non-hydrogen) atoms.